The van der Waals surface area contributed by atoms with E-state index in [2.05, 4.69) is 32.5 Å². The van der Waals surface area contributed by atoms with Crippen molar-refractivity contribution in [1.29, 1.82) is 0 Å². The van der Waals surface area contributed by atoms with Crippen LogP contribution in [0.15, 0.2) is 48.8 Å². The van der Waals surface area contributed by atoms with Crippen LogP contribution in [0.5, 0.6) is 0 Å². The van der Waals surface area contributed by atoms with E-state index in [-0.39, 0.29) is 5.91 Å². The van der Waals surface area contributed by atoms with Gasteiger partial charge < -0.3 is 9.64 Å². The molecule has 3 rings (SSSR count). The summed E-state index contributed by atoms with van der Waals surface area (Å²) in [6, 6.07) is 11.7. The third-order valence-corrected chi connectivity index (χ3v) is 5.46. The van der Waals surface area contributed by atoms with Crippen LogP contribution in [0.4, 0.5) is 0 Å². The molecule has 5 nitrogen and oxygen atoms in total. The largest absolute Gasteiger partial charge is 0.379 e. The third-order valence-electron chi connectivity index (χ3n) is 4.52. The Bertz CT molecular complexity index is 705. The number of benzene rings is 1. The van der Waals surface area contributed by atoms with E-state index in [9.17, 15) is 4.79 Å². The lowest BCUT2D eigenvalue weighted by molar-refractivity contribution is 0.0355. The van der Waals surface area contributed by atoms with Crippen LogP contribution in [-0.4, -0.2) is 60.1 Å². The Morgan fingerprint density at radius 3 is 2.62 bits per heavy atom. The fourth-order valence-electron chi connectivity index (χ4n) is 3.08. The average Bonchev–Trinajstić information content (AvgIpc) is 2.69. The minimum Gasteiger partial charge on any atom is -0.379 e. The van der Waals surface area contributed by atoms with E-state index in [1.807, 2.05) is 41.3 Å². The molecular weight excluding hydrogens is 441 g/mol. The normalized spacial score (nSPS) is 15.0. The highest BCUT2D eigenvalue weighted by Crippen LogP contribution is 2.16. The lowest BCUT2D eigenvalue weighted by Gasteiger charge is -2.28. The number of ether oxygens (including phenoxy) is 1. The van der Waals surface area contributed by atoms with Crippen LogP contribution in [0.1, 0.15) is 22.3 Å². The van der Waals surface area contributed by atoms with Crippen molar-refractivity contribution >= 4 is 28.5 Å². The minimum atomic E-state index is 0.0915. The van der Waals surface area contributed by atoms with E-state index in [4.69, 9.17) is 4.74 Å². The number of morpholine rings is 1. The number of amides is 1. The lowest BCUT2D eigenvalue weighted by atomic mass is 10.1. The Labute approximate surface area is 168 Å². The minimum absolute atomic E-state index is 0.0915. The van der Waals surface area contributed by atoms with E-state index in [1.165, 1.54) is 0 Å². The number of halogens is 1. The number of rotatable bonds is 7. The monoisotopic (exact) mass is 465 g/mol. The number of hydrogen-bond donors (Lipinski definition) is 0. The summed E-state index contributed by atoms with van der Waals surface area (Å²) >= 11 is 2.23. The number of hydrogen-bond acceptors (Lipinski definition) is 4. The van der Waals surface area contributed by atoms with E-state index in [0.29, 0.717) is 6.54 Å². The van der Waals surface area contributed by atoms with Crippen LogP contribution in [0, 0.1) is 3.57 Å². The second-order valence-electron chi connectivity index (χ2n) is 6.37. The Kier molecular flexibility index (Phi) is 7.40. The van der Waals surface area contributed by atoms with Gasteiger partial charge >= 0.3 is 0 Å². The highest BCUT2D eigenvalue weighted by molar-refractivity contribution is 14.1. The fourth-order valence-corrected chi connectivity index (χ4v) is 3.69. The molecule has 0 atom stereocenters. The summed E-state index contributed by atoms with van der Waals surface area (Å²) in [5, 5.41) is 0. The van der Waals surface area contributed by atoms with Gasteiger partial charge in [0.25, 0.3) is 5.91 Å². The third kappa shape index (κ3) is 5.49. The number of aromatic nitrogens is 1. The zero-order valence-corrected chi connectivity index (χ0v) is 17.0. The molecule has 2 aromatic rings. The zero-order valence-electron chi connectivity index (χ0n) is 14.8. The summed E-state index contributed by atoms with van der Waals surface area (Å²) in [5.74, 6) is 0.0915. The molecule has 1 saturated heterocycles. The molecule has 1 aliphatic heterocycles. The standard InChI is InChI=1S/C20H24IN3O2/c21-19-5-2-1-4-18(19)20(25)24(16-17-6-8-22-9-7-17)11-3-10-23-12-14-26-15-13-23/h1-2,4-9H,3,10-16H2. The van der Waals surface area contributed by atoms with Crippen molar-refractivity contribution in [3.63, 3.8) is 0 Å². The molecule has 0 radical (unpaired) electrons. The van der Waals surface area contributed by atoms with Crippen LogP contribution in [0.3, 0.4) is 0 Å². The summed E-state index contributed by atoms with van der Waals surface area (Å²) < 4.78 is 6.39. The first kappa shape index (κ1) is 19.3. The average molecular weight is 465 g/mol. The van der Waals surface area contributed by atoms with Crippen LogP contribution < -0.4 is 0 Å². The highest BCUT2D eigenvalue weighted by atomic mass is 127. The molecule has 1 aromatic heterocycles. The molecule has 1 aromatic carbocycles. The maximum atomic E-state index is 13.1. The van der Waals surface area contributed by atoms with Crippen molar-refractivity contribution < 1.29 is 9.53 Å². The van der Waals surface area contributed by atoms with Crippen molar-refractivity contribution in [2.45, 2.75) is 13.0 Å². The van der Waals surface area contributed by atoms with Crippen LogP contribution in [0.2, 0.25) is 0 Å². The first-order chi connectivity index (χ1) is 12.7. The summed E-state index contributed by atoms with van der Waals surface area (Å²) in [6.45, 7) is 5.92. The molecule has 138 valence electrons. The van der Waals surface area contributed by atoms with Crippen molar-refractivity contribution in [2.24, 2.45) is 0 Å². The summed E-state index contributed by atoms with van der Waals surface area (Å²) in [6.07, 6.45) is 4.51. The number of carbonyl (C=O) groups is 1. The van der Waals surface area contributed by atoms with E-state index < -0.39 is 0 Å². The first-order valence-electron chi connectivity index (χ1n) is 8.97. The van der Waals surface area contributed by atoms with Gasteiger partial charge in [-0.25, -0.2) is 0 Å². The van der Waals surface area contributed by atoms with Gasteiger partial charge in [0.05, 0.1) is 18.8 Å². The molecule has 0 bridgehead atoms. The molecule has 0 spiro atoms. The summed E-state index contributed by atoms with van der Waals surface area (Å²) in [7, 11) is 0. The molecule has 0 unspecified atom stereocenters. The maximum absolute atomic E-state index is 13.1. The van der Waals surface area contributed by atoms with Gasteiger partial charge in [0.1, 0.15) is 0 Å². The van der Waals surface area contributed by atoms with Gasteiger partial charge in [-0.05, 0) is 58.8 Å². The van der Waals surface area contributed by atoms with E-state index >= 15 is 0 Å². The molecule has 1 fully saturated rings. The first-order valence-corrected chi connectivity index (χ1v) is 10.0. The summed E-state index contributed by atoms with van der Waals surface area (Å²) in [4.78, 5) is 21.6. The fraction of sp³-hybridized carbons (Fsp3) is 0.400. The number of pyridine rings is 1. The maximum Gasteiger partial charge on any atom is 0.255 e. The molecular formula is C20H24IN3O2. The summed E-state index contributed by atoms with van der Waals surface area (Å²) in [5.41, 5.74) is 1.87. The smallest absolute Gasteiger partial charge is 0.255 e. The van der Waals surface area contributed by atoms with Crippen molar-refractivity contribution in [3.8, 4) is 0 Å². The van der Waals surface area contributed by atoms with Crippen molar-refractivity contribution in [2.75, 3.05) is 39.4 Å². The molecule has 1 aliphatic rings. The van der Waals surface area contributed by atoms with Gasteiger partial charge in [0.2, 0.25) is 0 Å². The van der Waals surface area contributed by atoms with E-state index in [0.717, 1.165) is 60.5 Å². The van der Waals surface area contributed by atoms with Gasteiger partial charge in [-0.15, -0.1) is 0 Å². The predicted octanol–water partition coefficient (Wildman–Crippen LogP) is 3.05. The molecule has 0 aliphatic carbocycles. The van der Waals surface area contributed by atoms with Crippen LogP contribution in [-0.2, 0) is 11.3 Å². The van der Waals surface area contributed by atoms with Crippen molar-refractivity contribution in [3.05, 3.63) is 63.5 Å². The van der Waals surface area contributed by atoms with Gasteiger partial charge in [0, 0.05) is 48.7 Å². The van der Waals surface area contributed by atoms with Gasteiger partial charge in [-0.3, -0.25) is 14.7 Å². The highest BCUT2D eigenvalue weighted by Gasteiger charge is 2.19. The molecule has 0 N–H and O–H groups in total. The Hall–Kier alpha value is -1.51. The second-order valence-corrected chi connectivity index (χ2v) is 7.53. The van der Waals surface area contributed by atoms with Gasteiger partial charge in [-0.2, -0.15) is 0 Å². The number of nitrogens with zero attached hydrogens (tertiary/aromatic N) is 3. The Morgan fingerprint density at radius 1 is 1.15 bits per heavy atom. The molecule has 26 heavy (non-hydrogen) atoms. The SMILES string of the molecule is O=C(c1ccccc1I)N(CCCN1CCOCC1)Cc1ccncc1. The second kappa shape index (κ2) is 9.99. The predicted molar refractivity (Wildman–Crippen MR) is 110 cm³/mol. The van der Waals surface area contributed by atoms with Crippen molar-refractivity contribution in [1.82, 2.24) is 14.8 Å². The van der Waals surface area contributed by atoms with Crippen LogP contribution in [0.25, 0.3) is 0 Å². The molecule has 1 amide bonds. The Morgan fingerprint density at radius 2 is 1.88 bits per heavy atom. The lowest BCUT2D eigenvalue weighted by Crippen LogP contribution is -2.39. The van der Waals surface area contributed by atoms with Gasteiger partial charge in [-0.1, -0.05) is 12.1 Å². The zero-order chi connectivity index (χ0) is 18.2. The van der Waals surface area contributed by atoms with E-state index in [1.54, 1.807) is 12.4 Å². The Balaban J connectivity index is 1.66. The molecule has 0 saturated carbocycles. The van der Waals surface area contributed by atoms with Gasteiger partial charge in [0.15, 0.2) is 0 Å². The number of carbonyl (C=O) groups excluding carboxylic acids is 1. The molecule has 2 heterocycles. The topological polar surface area (TPSA) is 45.7 Å². The molecule has 6 heteroatoms. The quantitative estimate of drug-likeness (QED) is 0.590. The van der Waals surface area contributed by atoms with Crippen LogP contribution >= 0.6 is 22.6 Å².